The van der Waals surface area contributed by atoms with Gasteiger partial charge in [0.15, 0.2) is 0 Å². The topological polar surface area (TPSA) is 138 Å². The highest BCUT2D eigenvalue weighted by Gasteiger charge is 2.34. The lowest BCUT2D eigenvalue weighted by molar-refractivity contribution is -0.136. The minimum atomic E-state index is -0.692. The van der Waals surface area contributed by atoms with Crippen LogP contribution in [0, 0.1) is 5.82 Å². The summed E-state index contributed by atoms with van der Waals surface area (Å²) < 4.78 is 16.7. The molecular formula is C46H51ClFN9O4. The van der Waals surface area contributed by atoms with Crippen LogP contribution < -0.4 is 16.3 Å². The molecule has 4 aliphatic heterocycles. The number of carbonyl (C=O) groups is 3. The number of amides is 3. The van der Waals surface area contributed by atoms with Gasteiger partial charge in [-0.1, -0.05) is 48.0 Å². The highest BCUT2D eigenvalue weighted by molar-refractivity contribution is 6.33. The number of hydrogen-bond acceptors (Lipinski definition) is 9. The smallest absolute Gasteiger partial charge is 0.329 e. The van der Waals surface area contributed by atoms with E-state index in [1.165, 1.54) is 22.3 Å². The number of halogens is 2. The minimum absolute atomic E-state index is 0.124. The molecule has 0 bridgehead atoms. The number of nitrogens with one attached hydrogen (secondary N) is 2. The molecule has 3 amide bonds. The van der Waals surface area contributed by atoms with Gasteiger partial charge in [-0.05, 0) is 118 Å². The Morgan fingerprint density at radius 3 is 2.41 bits per heavy atom. The van der Waals surface area contributed by atoms with E-state index in [4.69, 9.17) is 16.6 Å². The monoisotopic (exact) mass is 847 g/mol. The molecule has 6 heterocycles. The van der Waals surface area contributed by atoms with Crippen molar-refractivity contribution >= 4 is 46.3 Å². The number of imidazole rings is 1. The van der Waals surface area contributed by atoms with Crippen molar-refractivity contribution in [1.29, 1.82) is 0 Å². The Bertz CT molecular complexity index is 2510. The zero-order chi connectivity index (χ0) is 42.2. The highest BCUT2D eigenvalue weighted by Crippen LogP contribution is 2.34. The van der Waals surface area contributed by atoms with Crippen LogP contribution in [-0.4, -0.2) is 109 Å². The third-order valence-corrected chi connectivity index (χ3v) is 13.5. The lowest BCUT2D eigenvalue weighted by atomic mass is 9.88. The molecule has 5 aromatic rings. The maximum Gasteiger partial charge on any atom is 0.329 e. The standard InChI is InChI=1S/C46H51ClFN9O4/c1-53-40-25-32(9-12-38(40)57(46(53)61)39-13-14-41(58)51-44(39)60)30-15-20-55(21-16-30)36-6-3-19-54(27-36)28-42(59)56-22-17-35(18-23-56)50-45-49-26-37(47)43(52-45)33-5-2-4-31(24-33)29-7-10-34(48)11-8-29/h2,4-5,7-12,24-26,30,35-36,39H,3,6,13-23,27-28H2,1H3,(H,49,50,52)(H,51,58,60). The van der Waals surface area contributed by atoms with Crippen LogP contribution in [0.15, 0.2) is 77.7 Å². The third-order valence-electron chi connectivity index (χ3n) is 13.2. The van der Waals surface area contributed by atoms with E-state index in [-0.39, 0.29) is 35.8 Å². The average molecular weight is 848 g/mol. The minimum Gasteiger partial charge on any atom is -0.351 e. The molecule has 0 spiro atoms. The molecule has 9 rings (SSSR count). The molecule has 2 atom stereocenters. The summed E-state index contributed by atoms with van der Waals surface area (Å²) in [6.45, 7) is 5.55. The number of hydrogen-bond donors (Lipinski definition) is 2. The first-order chi connectivity index (χ1) is 29.6. The fourth-order valence-corrected chi connectivity index (χ4v) is 10.0. The molecule has 2 N–H and O–H groups in total. The Kier molecular flexibility index (Phi) is 11.7. The van der Waals surface area contributed by atoms with E-state index in [2.05, 4.69) is 37.6 Å². The summed E-state index contributed by atoms with van der Waals surface area (Å²) in [6.07, 6.45) is 7.95. The average Bonchev–Trinajstić information content (AvgIpc) is 3.52. The van der Waals surface area contributed by atoms with Gasteiger partial charge in [0.2, 0.25) is 23.7 Å². The van der Waals surface area contributed by atoms with Gasteiger partial charge in [-0.15, -0.1) is 0 Å². The first-order valence-corrected chi connectivity index (χ1v) is 21.9. The number of aryl methyl sites for hydroxylation is 1. The van der Waals surface area contributed by atoms with Gasteiger partial charge in [0.1, 0.15) is 11.9 Å². The van der Waals surface area contributed by atoms with Crippen LogP contribution in [-0.2, 0) is 21.4 Å². The second kappa shape index (κ2) is 17.5. The summed E-state index contributed by atoms with van der Waals surface area (Å²) in [5, 5.41) is 6.31. The summed E-state index contributed by atoms with van der Waals surface area (Å²) in [6, 6.07) is 20.2. The molecule has 2 aromatic heterocycles. The van der Waals surface area contributed by atoms with Gasteiger partial charge >= 0.3 is 5.69 Å². The van der Waals surface area contributed by atoms with E-state index in [9.17, 15) is 23.6 Å². The SMILES string of the molecule is Cn1c(=O)n(C2CCC(=O)NC2=O)c2ccc(C3CCN(C4CCCN(CC(=O)N5CCC(Nc6ncc(Cl)c(-c7cccc(-c8ccc(F)cc8)c7)n6)CC5)C4)CC3)cc21. The van der Waals surface area contributed by atoms with Crippen molar-refractivity contribution in [2.75, 3.05) is 51.1 Å². The number of anilines is 1. The third kappa shape index (κ3) is 8.71. The maximum atomic E-state index is 13.6. The molecule has 2 unspecified atom stereocenters. The van der Waals surface area contributed by atoms with Crippen molar-refractivity contribution in [2.24, 2.45) is 7.05 Å². The van der Waals surface area contributed by atoms with Gasteiger partial charge in [-0.2, -0.15) is 0 Å². The Hall–Kier alpha value is -5.44. The largest absolute Gasteiger partial charge is 0.351 e. The normalized spacial score (nSPS) is 21.2. The van der Waals surface area contributed by atoms with E-state index >= 15 is 0 Å². The van der Waals surface area contributed by atoms with E-state index in [0.717, 1.165) is 86.9 Å². The molecule has 3 aromatic carbocycles. The number of aromatic nitrogens is 4. The van der Waals surface area contributed by atoms with Gasteiger partial charge in [-0.3, -0.25) is 38.6 Å². The van der Waals surface area contributed by atoms with Gasteiger partial charge in [0.25, 0.3) is 0 Å². The van der Waals surface area contributed by atoms with Gasteiger partial charge in [0.05, 0.1) is 34.5 Å². The van der Waals surface area contributed by atoms with E-state index < -0.39 is 11.9 Å². The van der Waals surface area contributed by atoms with E-state index in [1.54, 1.807) is 29.9 Å². The number of piperidine rings is 4. The summed E-state index contributed by atoms with van der Waals surface area (Å²) >= 11 is 6.58. The van der Waals surface area contributed by atoms with Crippen molar-refractivity contribution in [1.82, 2.24) is 39.1 Å². The Morgan fingerprint density at radius 1 is 0.869 bits per heavy atom. The number of rotatable bonds is 9. The number of nitrogens with zero attached hydrogens (tertiary/aromatic N) is 7. The van der Waals surface area contributed by atoms with Gasteiger partial charge in [-0.25, -0.2) is 19.2 Å². The van der Waals surface area contributed by atoms with Crippen LogP contribution in [0.1, 0.15) is 68.9 Å². The number of fused-ring (bicyclic) bond motifs is 1. The van der Waals surface area contributed by atoms with Crippen LogP contribution in [0.4, 0.5) is 10.3 Å². The molecule has 0 saturated carbocycles. The molecule has 15 heteroatoms. The van der Waals surface area contributed by atoms with Crippen molar-refractivity contribution < 1.29 is 18.8 Å². The molecule has 0 aliphatic carbocycles. The maximum absolute atomic E-state index is 13.6. The summed E-state index contributed by atoms with van der Waals surface area (Å²) in [5.41, 5.74) is 5.76. The lowest BCUT2D eigenvalue weighted by Gasteiger charge is -2.43. The lowest BCUT2D eigenvalue weighted by Crippen LogP contribution is -2.53. The first-order valence-electron chi connectivity index (χ1n) is 21.5. The van der Waals surface area contributed by atoms with Crippen LogP contribution in [0.3, 0.4) is 0 Å². The summed E-state index contributed by atoms with van der Waals surface area (Å²) in [5.74, 6) is 0.0411. The van der Waals surface area contributed by atoms with Crippen LogP contribution >= 0.6 is 11.6 Å². The second-order valence-corrected chi connectivity index (χ2v) is 17.5. The van der Waals surface area contributed by atoms with Crippen molar-refractivity contribution in [2.45, 2.75) is 75.4 Å². The van der Waals surface area contributed by atoms with E-state index in [1.807, 2.05) is 35.2 Å². The molecular weight excluding hydrogens is 797 g/mol. The number of benzene rings is 3. The quantitative estimate of drug-likeness (QED) is 0.172. The zero-order valence-electron chi connectivity index (χ0n) is 34.4. The first kappa shape index (κ1) is 40.9. The Balaban J connectivity index is 0.752. The molecule has 4 fully saturated rings. The summed E-state index contributed by atoms with van der Waals surface area (Å²) in [7, 11) is 1.74. The molecule has 0 radical (unpaired) electrons. The van der Waals surface area contributed by atoms with E-state index in [0.29, 0.717) is 60.2 Å². The molecule has 13 nitrogen and oxygen atoms in total. The fourth-order valence-electron chi connectivity index (χ4n) is 9.81. The number of carbonyl (C=O) groups excluding carboxylic acids is 3. The zero-order valence-corrected chi connectivity index (χ0v) is 35.1. The predicted molar refractivity (Wildman–Crippen MR) is 233 cm³/mol. The number of likely N-dealkylation sites (tertiary alicyclic amines) is 3. The van der Waals surface area contributed by atoms with Gasteiger partial charge < -0.3 is 10.2 Å². The fraction of sp³-hybridized carbons (Fsp3) is 0.435. The molecule has 318 valence electrons. The molecule has 4 saturated heterocycles. The summed E-state index contributed by atoms with van der Waals surface area (Å²) in [4.78, 5) is 67.4. The Morgan fingerprint density at radius 2 is 1.64 bits per heavy atom. The molecule has 61 heavy (non-hydrogen) atoms. The van der Waals surface area contributed by atoms with Gasteiger partial charge in [0, 0.05) is 50.7 Å². The van der Waals surface area contributed by atoms with Crippen molar-refractivity contribution in [3.8, 4) is 22.4 Å². The van der Waals surface area contributed by atoms with Crippen LogP contribution in [0.5, 0.6) is 0 Å². The Labute approximate surface area is 358 Å². The predicted octanol–water partition coefficient (Wildman–Crippen LogP) is 5.98. The second-order valence-electron chi connectivity index (χ2n) is 17.0. The number of imide groups is 1. The van der Waals surface area contributed by atoms with Crippen molar-refractivity contribution in [3.63, 3.8) is 0 Å². The molecule has 4 aliphatic rings. The van der Waals surface area contributed by atoms with Crippen molar-refractivity contribution in [3.05, 3.63) is 99.8 Å². The van der Waals surface area contributed by atoms with Crippen LogP contribution in [0.25, 0.3) is 33.4 Å². The van der Waals surface area contributed by atoms with Crippen LogP contribution in [0.2, 0.25) is 5.02 Å². The highest BCUT2D eigenvalue weighted by atomic mass is 35.5.